The van der Waals surface area contributed by atoms with Gasteiger partial charge >= 0.3 is 0 Å². The molecule has 27 heavy (non-hydrogen) atoms. The Kier molecular flexibility index (Phi) is 5.66. The molecule has 1 N–H and O–H groups in total. The number of methoxy groups -OCH3 is 3. The molecule has 0 saturated heterocycles. The summed E-state index contributed by atoms with van der Waals surface area (Å²) in [6.07, 6.45) is 0. The second-order valence-corrected chi connectivity index (χ2v) is 6.45. The molecule has 0 aliphatic heterocycles. The molecule has 0 radical (unpaired) electrons. The first-order valence-corrected chi connectivity index (χ1v) is 9.06. The first-order chi connectivity index (χ1) is 13.1. The predicted molar refractivity (Wildman–Crippen MR) is 105 cm³/mol. The van der Waals surface area contributed by atoms with Crippen molar-refractivity contribution in [1.29, 1.82) is 0 Å². The number of hydrogen-bond donors (Lipinski definition) is 1. The number of anilines is 1. The molecule has 1 aromatic heterocycles. The summed E-state index contributed by atoms with van der Waals surface area (Å²) in [5, 5.41) is 3.30. The number of aromatic nitrogens is 1. The third-order valence-corrected chi connectivity index (χ3v) is 4.77. The lowest BCUT2D eigenvalue weighted by atomic mass is 10.1. The minimum atomic E-state index is -0.350. The number of carbonyl (C=O) groups excluding carboxylic acids is 1. The number of amides is 1. The van der Waals surface area contributed by atoms with Crippen LogP contribution in [0.25, 0.3) is 10.2 Å². The third kappa shape index (κ3) is 3.75. The summed E-state index contributed by atoms with van der Waals surface area (Å²) in [5.74, 6) is 1.56. The van der Waals surface area contributed by atoms with E-state index >= 15 is 0 Å². The standard InChI is InChI=1S/C19H20N2O5S/c1-5-26-11-6-8-13-15(10-11)27-19(20-13)21-18(22)12-7-9-14(23-2)17(25-4)16(12)24-3/h6-10H,5H2,1-4H3,(H,20,21,22). The lowest BCUT2D eigenvalue weighted by molar-refractivity contribution is 0.102. The predicted octanol–water partition coefficient (Wildman–Crippen LogP) is 3.97. The van der Waals surface area contributed by atoms with E-state index in [-0.39, 0.29) is 5.91 Å². The molecule has 1 amide bonds. The third-order valence-electron chi connectivity index (χ3n) is 3.84. The molecule has 3 aromatic rings. The minimum absolute atomic E-state index is 0.300. The molecule has 1 heterocycles. The van der Waals surface area contributed by atoms with E-state index in [1.54, 1.807) is 12.1 Å². The molecule has 0 bridgehead atoms. The molecule has 142 valence electrons. The first-order valence-electron chi connectivity index (χ1n) is 8.25. The molecule has 7 nitrogen and oxygen atoms in total. The molecule has 0 fully saturated rings. The summed E-state index contributed by atoms with van der Waals surface area (Å²) >= 11 is 1.37. The normalized spacial score (nSPS) is 10.5. The number of benzene rings is 2. The maximum atomic E-state index is 12.8. The summed E-state index contributed by atoms with van der Waals surface area (Å²) in [7, 11) is 4.49. The average molecular weight is 388 g/mol. The summed E-state index contributed by atoms with van der Waals surface area (Å²) in [5.41, 5.74) is 1.11. The van der Waals surface area contributed by atoms with Crippen LogP contribution >= 0.6 is 11.3 Å². The van der Waals surface area contributed by atoms with E-state index < -0.39 is 0 Å². The van der Waals surface area contributed by atoms with Crippen LogP contribution in [-0.4, -0.2) is 38.8 Å². The Morgan fingerprint density at radius 2 is 1.85 bits per heavy atom. The van der Waals surface area contributed by atoms with Gasteiger partial charge in [-0.3, -0.25) is 10.1 Å². The van der Waals surface area contributed by atoms with Crippen LogP contribution in [0, 0.1) is 0 Å². The quantitative estimate of drug-likeness (QED) is 0.660. The van der Waals surface area contributed by atoms with Crippen LogP contribution in [0.15, 0.2) is 30.3 Å². The SMILES string of the molecule is CCOc1ccc2nc(NC(=O)c3ccc(OC)c(OC)c3OC)sc2c1. The highest BCUT2D eigenvalue weighted by atomic mass is 32.1. The van der Waals surface area contributed by atoms with Crippen molar-refractivity contribution in [2.75, 3.05) is 33.3 Å². The summed E-state index contributed by atoms with van der Waals surface area (Å²) < 4.78 is 22.4. The first kappa shape index (κ1) is 18.8. The van der Waals surface area contributed by atoms with Crippen LogP contribution in [-0.2, 0) is 0 Å². The van der Waals surface area contributed by atoms with E-state index in [9.17, 15) is 4.79 Å². The smallest absolute Gasteiger partial charge is 0.261 e. The summed E-state index contributed by atoms with van der Waals surface area (Å²) in [6.45, 7) is 2.52. The van der Waals surface area contributed by atoms with Crippen LogP contribution in [0.3, 0.4) is 0 Å². The number of carbonyl (C=O) groups is 1. The van der Waals surface area contributed by atoms with Gasteiger partial charge in [0.25, 0.3) is 5.91 Å². The van der Waals surface area contributed by atoms with Gasteiger partial charge in [-0.1, -0.05) is 11.3 Å². The van der Waals surface area contributed by atoms with Crippen LogP contribution < -0.4 is 24.3 Å². The van der Waals surface area contributed by atoms with E-state index in [0.29, 0.717) is 34.6 Å². The Hall–Kier alpha value is -3.00. The van der Waals surface area contributed by atoms with Gasteiger partial charge in [0.05, 0.1) is 43.7 Å². The molecule has 0 unspecified atom stereocenters. The maximum absolute atomic E-state index is 12.8. The van der Waals surface area contributed by atoms with Gasteiger partial charge in [0.2, 0.25) is 5.75 Å². The summed E-state index contributed by atoms with van der Waals surface area (Å²) in [6, 6.07) is 8.90. The fraction of sp³-hybridized carbons (Fsp3) is 0.263. The number of rotatable bonds is 7. The number of ether oxygens (including phenoxy) is 4. The van der Waals surface area contributed by atoms with Crippen LogP contribution in [0.2, 0.25) is 0 Å². The van der Waals surface area contributed by atoms with Gasteiger partial charge in [-0.05, 0) is 37.3 Å². The maximum Gasteiger partial charge on any atom is 0.261 e. The zero-order chi connectivity index (χ0) is 19.4. The highest BCUT2D eigenvalue weighted by Crippen LogP contribution is 2.40. The Morgan fingerprint density at radius 1 is 1.07 bits per heavy atom. The Bertz CT molecular complexity index is 970. The molecular formula is C19H20N2O5S. The average Bonchev–Trinajstić information content (AvgIpc) is 3.08. The second-order valence-electron chi connectivity index (χ2n) is 5.42. The zero-order valence-corrected chi connectivity index (χ0v) is 16.3. The number of fused-ring (bicyclic) bond motifs is 1. The molecule has 0 aliphatic rings. The van der Waals surface area contributed by atoms with Crippen molar-refractivity contribution >= 4 is 32.6 Å². The number of hydrogen-bond acceptors (Lipinski definition) is 7. The van der Waals surface area contributed by atoms with Crippen LogP contribution in [0.4, 0.5) is 5.13 Å². The van der Waals surface area contributed by atoms with Crippen molar-refractivity contribution in [2.45, 2.75) is 6.92 Å². The number of nitrogens with zero attached hydrogens (tertiary/aromatic N) is 1. The van der Waals surface area contributed by atoms with Gasteiger partial charge in [0.15, 0.2) is 16.6 Å². The van der Waals surface area contributed by atoms with Gasteiger partial charge in [0.1, 0.15) is 5.75 Å². The van der Waals surface area contributed by atoms with Crippen LogP contribution in [0.5, 0.6) is 23.0 Å². The lowest BCUT2D eigenvalue weighted by Gasteiger charge is -2.15. The van der Waals surface area contributed by atoms with Gasteiger partial charge in [-0.25, -0.2) is 4.98 Å². The van der Waals surface area contributed by atoms with Gasteiger partial charge in [0, 0.05) is 0 Å². The van der Waals surface area contributed by atoms with Crippen LogP contribution in [0.1, 0.15) is 17.3 Å². The lowest BCUT2D eigenvalue weighted by Crippen LogP contribution is -2.13. The topological polar surface area (TPSA) is 78.9 Å². The highest BCUT2D eigenvalue weighted by Gasteiger charge is 2.21. The molecule has 2 aromatic carbocycles. The van der Waals surface area contributed by atoms with Gasteiger partial charge < -0.3 is 18.9 Å². The van der Waals surface area contributed by atoms with E-state index in [1.807, 2.05) is 25.1 Å². The largest absolute Gasteiger partial charge is 0.494 e. The monoisotopic (exact) mass is 388 g/mol. The molecule has 3 rings (SSSR count). The van der Waals surface area contributed by atoms with E-state index in [0.717, 1.165) is 16.0 Å². The Balaban J connectivity index is 1.90. The zero-order valence-electron chi connectivity index (χ0n) is 15.5. The second kappa shape index (κ2) is 8.13. The number of nitrogens with one attached hydrogen (secondary N) is 1. The summed E-state index contributed by atoms with van der Waals surface area (Å²) in [4.78, 5) is 17.2. The molecule has 0 aliphatic carbocycles. The molecule has 0 atom stereocenters. The van der Waals surface area contributed by atoms with Gasteiger partial charge in [-0.2, -0.15) is 0 Å². The van der Waals surface area contributed by atoms with Crippen molar-refractivity contribution in [3.8, 4) is 23.0 Å². The Morgan fingerprint density at radius 3 is 2.52 bits per heavy atom. The van der Waals surface area contributed by atoms with E-state index in [1.165, 1.54) is 32.7 Å². The van der Waals surface area contributed by atoms with Crippen molar-refractivity contribution in [3.63, 3.8) is 0 Å². The molecule has 8 heteroatoms. The van der Waals surface area contributed by atoms with E-state index in [2.05, 4.69) is 10.3 Å². The van der Waals surface area contributed by atoms with Gasteiger partial charge in [-0.15, -0.1) is 0 Å². The van der Waals surface area contributed by atoms with Crippen molar-refractivity contribution < 1.29 is 23.7 Å². The highest BCUT2D eigenvalue weighted by molar-refractivity contribution is 7.22. The molecular weight excluding hydrogens is 368 g/mol. The van der Waals surface area contributed by atoms with Crippen molar-refractivity contribution in [2.24, 2.45) is 0 Å². The minimum Gasteiger partial charge on any atom is -0.494 e. The van der Waals surface area contributed by atoms with Crippen molar-refractivity contribution in [1.82, 2.24) is 4.98 Å². The van der Waals surface area contributed by atoms with Crippen molar-refractivity contribution in [3.05, 3.63) is 35.9 Å². The fourth-order valence-corrected chi connectivity index (χ4v) is 3.55. The Labute approximate surface area is 160 Å². The molecule has 0 spiro atoms. The van der Waals surface area contributed by atoms with E-state index in [4.69, 9.17) is 18.9 Å². The fourth-order valence-electron chi connectivity index (χ4n) is 2.66. The number of thiazole rings is 1. The molecule has 0 saturated carbocycles.